The Labute approximate surface area is 92.0 Å². The predicted octanol–water partition coefficient (Wildman–Crippen LogP) is 0.291. The Morgan fingerprint density at radius 1 is 1.69 bits per heavy atom. The highest BCUT2D eigenvalue weighted by molar-refractivity contribution is 5.76. The SMILES string of the molecule is COc1cccc(CN=C(N)N[N+](=O)[O-])c1. The van der Waals surface area contributed by atoms with Crippen LogP contribution in [0.3, 0.4) is 0 Å². The highest BCUT2D eigenvalue weighted by atomic mass is 16.7. The van der Waals surface area contributed by atoms with E-state index >= 15 is 0 Å². The number of aliphatic imine (C=N–C) groups is 1. The number of nitrogens with one attached hydrogen (secondary N) is 1. The minimum Gasteiger partial charge on any atom is -0.497 e. The minimum absolute atomic E-state index is 0.229. The quantitative estimate of drug-likeness (QED) is 0.331. The summed E-state index contributed by atoms with van der Waals surface area (Å²) < 4.78 is 5.02. The van der Waals surface area contributed by atoms with Crippen LogP contribution in [0.1, 0.15) is 5.56 Å². The van der Waals surface area contributed by atoms with Gasteiger partial charge in [0.2, 0.25) is 0 Å². The van der Waals surface area contributed by atoms with Gasteiger partial charge in [0.15, 0.2) is 5.03 Å². The van der Waals surface area contributed by atoms with Gasteiger partial charge in [-0.05, 0) is 17.7 Å². The molecule has 0 spiro atoms. The number of benzene rings is 1. The van der Waals surface area contributed by atoms with Crippen molar-refractivity contribution in [3.63, 3.8) is 0 Å². The summed E-state index contributed by atoms with van der Waals surface area (Å²) in [5.41, 5.74) is 7.87. The predicted molar refractivity (Wildman–Crippen MR) is 58.5 cm³/mol. The molecule has 0 aliphatic heterocycles. The summed E-state index contributed by atoms with van der Waals surface area (Å²) in [6.07, 6.45) is 0. The van der Waals surface area contributed by atoms with Crippen molar-refractivity contribution in [3.8, 4) is 5.75 Å². The molecule has 0 saturated heterocycles. The summed E-state index contributed by atoms with van der Waals surface area (Å²) in [5.74, 6) is 0.473. The third kappa shape index (κ3) is 3.82. The lowest BCUT2D eigenvalue weighted by Crippen LogP contribution is -2.36. The van der Waals surface area contributed by atoms with E-state index in [1.165, 1.54) is 0 Å². The van der Waals surface area contributed by atoms with E-state index in [-0.39, 0.29) is 12.5 Å². The van der Waals surface area contributed by atoms with E-state index in [9.17, 15) is 10.1 Å². The summed E-state index contributed by atoms with van der Waals surface area (Å²) in [5, 5.41) is 9.28. The van der Waals surface area contributed by atoms with Crippen LogP contribution in [-0.4, -0.2) is 18.1 Å². The van der Waals surface area contributed by atoms with Gasteiger partial charge < -0.3 is 10.5 Å². The molecular formula is C9H12N4O3. The lowest BCUT2D eigenvalue weighted by atomic mass is 10.2. The molecule has 86 valence electrons. The smallest absolute Gasteiger partial charge is 0.251 e. The maximum absolute atomic E-state index is 10.0. The average molecular weight is 224 g/mol. The zero-order valence-electron chi connectivity index (χ0n) is 8.71. The van der Waals surface area contributed by atoms with Gasteiger partial charge in [-0.2, -0.15) is 0 Å². The summed E-state index contributed by atoms with van der Waals surface area (Å²) in [4.78, 5) is 13.8. The van der Waals surface area contributed by atoms with Crippen molar-refractivity contribution in [2.45, 2.75) is 6.54 Å². The molecule has 1 aromatic rings. The van der Waals surface area contributed by atoms with Gasteiger partial charge in [-0.3, -0.25) is 0 Å². The van der Waals surface area contributed by atoms with Crippen molar-refractivity contribution in [1.29, 1.82) is 0 Å². The first kappa shape index (κ1) is 11.8. The highest BCUT2D eigenvalue weighted by Gasteiger charge is 1.99. The number of ether oxygens (including phenoxy) is 1. The first-order valence-electron chi connectivity index (χ1n) is 4.45. The average Bonchev–Trinajstić information content (AvgIpc) is 2.26. The number of hydrogen-bond donors (Lipinski definition) is 2. The summed E-state index contributed by atoms with van der Waals surface area (Å²) >= 11 is 0. The van der Waals surface area contributed by atoms with Gasteiger partial charge in [-0.25, -0.2) is 15.1 Å². The Balaban J connectivity index is 2.62. The van der Waals surface area contributed by atoms with E-state index in [1.54, 1.807) is 30.7 Å². The van der Waals surface area contributed by atoms with Crippen molar-refractivity contribution < 1.29 is 9.77 Å². The van der Waals surface area contributed by atoms with Crippen LogP contribution in [0.2, 0.25) is 0 Å². The monoisotopic (exact) mass is 224 g/mol. The fraction of sp³-hybridized carbons (Fsp3) is 0.222. The molecule has 3 N–H and O–H groups in total. The first-order valence-corrected chi connectivity index (χ1v) is 4.45. The topological polar surface area (TPSA) is 103 Å². The van der Waals surface area contributed by atoms with Crippen molar-refractivity contribution in [3.05, 3.63) is 39.9 Å². The molecule has 7 nitrogen and oxygen atoms in total. The van der Waals surface area contributed by atoms with Gasteiger partial charge in [-0.15, -0.1) is 0 Å². The van der Waals surface area contributed by atoms with Crippen LogP contribution in [0.4, 0.5) is 0 Å². The number of guanidine groups is 1. The van der Waals surface area contributed by atoms with Crippen LogP contribution in [0.15, 0.2) is 29.3 Å². The van der Waals surface area contributed by atoms with Crippen LogP contribution in [-0.2, 0) is 6.54 Å². The van der Waals surface area contributed by atoms with E-state index in [1.807, 2.05) is 6.07 Å². The Morgan fingerprint density at radius 3 is 3.06 bits per heavy atom. The molecule has 0 fully saturated rings. The molecule has 0 radical (unpaired) electrons. The van der Waals surface area contributed by atoms with E-state index < -0.39 is 5.03 Å². The Hall–Kier alpha value is -2.31. The maximum Gasteiger partial charge on any atom is 0.251 e. The van der Waals surface area contributed by atoms with E-state index in [0.29, 0.717) is 5.75 Å². The van der Waals surface area contributed by atoms with Crippen LogP contribution < -0.4 is 15.9 Å². The van der Waals surface area contributed by atoms with Crippen molar-refractivity contribution >= 4 is 5.96 Å². The zero-order chi connectivity index (χ0) is 12.0. The van der Waals surface area contributed by atoms with E-state index in [2.05, 4.69) is 4.99 Å². The highest BCUT2D eigenvalue weighted by Crippen LogP contribution is 2.12. The summed E-state index contributed by atoms with van der Waals surface area (Å²) in [7, 11) is 1.56. The number of hydrogen-bond acceptors (Lipinski definition) is 4. The van der Waals surface area contributed by atoms with Crippen LogP contribution in [0.25, 0.3) is 0 Å². The summed E-state index contributed by atoms with van der Waals surface area (Å²) in [6.45, 7) is 0.254. The van der Waals surface area contributed by atoms with Gasteiger partial charge in [0.1, 0.15) is 5.75 Å². The van der Waals surface area contributed by atoms with Crippen molar-refractivity contribution in [2.24, 2.45) is 10.7 Å². The third-order valence-corrected chi connectivity index (χ3v) is 1.77. The molecule has 16 heavy (non-hydrogen) atoms. The molecular weight excluding hydrogens is 212 g/mol. The second kappa shape index (κ2) is 5.54. The second-order valence-electron chi connectivity index (χ2n) is 2.92. The Bertz CT molecular complexity index is 405. The van der Waals surface area contributed by atoms with Crippen molar-refractivity contribution in [1.82, 2.24) is 5.43 Å². The van der Waals surface area contributed by atoms with Gasteiger partial charge >= 0.3 is 0 Å². The molecule has 0 atom stereocenters. The van der Waals surface area contributed by atoms with Gasteiger partial charge in [0.25, 0.3) is 5.96 Å². The number of nitro groups is 1. The Morgan fingerprint density at radius 2 is 2.44 bits per heavy atom. The zero-order valence-corrected chi connectivity index (χ0v) is 8.71. The van der Waals surface area contributed by atoms with Crippen molar-refractivity contribution in [2.75, 3.05) is 7.11 Å². The molecule has 0 bridgehead atoms. The largest absolute Gasteiger partial charge is 0.497 e. The lowest BCUT2D eigenvalue weighted by Gasteiger charge is -2.02. The molecule has 1 rings (SSSR count). The van der Waals surface area contributed by atoms with Crippen LogP contribution in [0.5, 0.6) is 5.75 Å². The molecule has 0 aromatic heterocycles. The minimum atomic E-state index is -0.760. The van der Waals surface area contributed by atoms with E-state index in [0.717, 1.165) is 5.56 Å². The second-order valence-corrected chi connectivity index (χ2v) is 2.92. The third-order valence-electron chi connectivity index (χ3n) is 1.77. The van der Waals surface area contributed by atoms with E-state index in [4.69, 9.17) is 10.5 Å². The Kier molecular flexibility index (Phi) is 4.07. The number of nitrogens with zero attached hydrogens (tertiary/aromatic N) is 2. The molecule has 0 saturated carbocycles. The molecule has 0 unspecified atom stereocenters. The fourth-order valence-corrected chi connectivity index (χ4v) is 1.08. The molecule has 0 aliphatic rings. The molecule has 0 aliphatic carbocycles. The fourth-order valence-electron chi connectivity index (χ4n) is 1.08. The normalized spacial score (nSPS) is 10.9. The number of rotatable bonds is 4. The molecule has 1 aromatic carbocycles. The number of hydrazine groups is 1. The lowest BCUT2D eigenvalue weighted by molar-refractivity contribution is -0.525. The number of methoxy groups -OCH3 is 1. The van der Waals surface area contributed by atoms with Gasteiger partial charge in [0, 0.05) is 0 Å². The van der Waals surface area contributed by atoms with Crippen LogP contribution in [0, 0.1) is 10.1 Å². The summed E-state index contributed by atoms with van der Waals surface area (Å²) in [6, 6.07) is 7.21. The first-order chi connectivity index (χ1) is 7.61. The number of nitrogens with two attached hydrogens (primary N) is 1. The van der Waals surface area contributed by atoms with Gasteiger partial charge in [0.05, 0.1) is 13.7 Å². The standard InChI is InChI=1S/C9H12N4O3/c1-16-8-4-2-3-7(5-8)6-11-9(10)12-13(14)15/h2-5H,6H2,1H3,(H3,10,11,12). The molecule has 7 heteroatoms. The molecule has 0 amide bonds. The maximum atomic E-state index is 10.0. The van der Waals surface area contributed by atoms with Gasteiger partial charge in [-0.1, -0.05) is 17.6 Å². The van der Waals surface area contributed by atoms with Crippen LogP contribution >= 0.6 is 0 Å². The molecule has 0 heterocycles.